The highest BCUT2D eigenvalue weighted by molar-refractivity contribution is 5.85. The first-order valence-corrected chi connectivity index (χ1v) is 2.81. The van der Waals surface area contributed by atoms with Gasteiger partial charge in [0.25, 0.3) is 0 Å². The van der Waals surface area contributed by atoms with Crippen LogP contribution in [0, 0.1) is 0 Å². The second-order valence-corrected chi connectivity index (χ2v) is 2.60. The van der Waals surface area contributed by atoms with Gasteiger partial charge in [-0.25, -0.2) is 0 Å². The van der Waals surface area contributed by atoms with E-state index in [4.69, 9.17) is 10.5 Å². The first-order valence-electron chi connectivity index (χ1n) is 2.81. The van der Waals surface area contributed by atoms with E-state index in [2.05, 4.69) is 0 Å². The van der Waals surface area contributed by atoms with Crippen molar-refractivity contribution in [2.75, 3.05) is 7.11 Å². The molecule has 0 spiro atoms. The van der Waals surface area contributed by atoms with Crippen LogP contribution >= 0.6 is 12.4 Å². The fourth-order valence-electron chi connectivity index (χ4n) is 0.186. The lowest BCUT2D eigenvalue weighted by Crippen LogP contribution is -2.42. The van der Waals surface area contributed by atoms with Gasteiger partial charge in [-0.2, -0.15) is 0 Å². The molecule has 0 aliphatic carbocycles. The van der Waals surface area contributed by atoms with Gasteiger partial charge in [-0.05, 0) is 20.8 Å². The molecule has 0 radical (unpaired) electrons. The van der Waals surface area contributed by atoms with Crippen LogP contribution in [-0.2, 0) is 4.74 Å². The molecule has 1 atom stereocenters. The second kappa shape index (κ2) is 4.09. The van der Waals surface area contributed by atoms with E-state index < -0.39 is 0 Å². The van der Waals surface area contributed by atoms with Crippen LogP contribution in [0.1, 0.15) is 20.8 Å². The van der Waals surface area contributed by atoms with Gasteiger partial charge in [0.05, 0.1) is 5.60 Å². The van der Waals surface area contributed by atoms with Crippen molar-refractivity contribution in [1.29, 1.82) is 0 Å². The van der Waals surface area contributed by atoms with Crippen LogP contribution in [0.4, 0.5) is 0 Å². The van der Waals surface area contributed by atoms with Crippen molar-refractivity contribution in [2.45, 2.75) is 32.4 Å². The largest absolute Gasteiger partial charge is 0.377 e. The zero-order valence-corrected chi connectivity index (χ0v) is 7.29. The molecule has 0 saturated carbocycles. The van der Waals surface area contributed by atoms with E-state index in [0.29, 0.717) is 0 Å². The van der Waals surface area contributed by atoms with Crippen molar-refractivity contribution in [3.05, 3.63) is 0 Å². The Hall–Kier alpha value is 0.210. The van der Waals surface area contributed by atoms with Gasteiger partial charge in [0.15, 0.2) is 0 Å². The minimum Gasteiger partial charge on any atom is -0.377 e. The predicted octanol–water partition coefficient (Wildman–Crippen LogP) is 1.18. The van der Waals surface area contributed by atoms with Crippen LogP contribution in [0.5, 0.6) is 0 Å². The molecule has 0 aromatic heterocycles. The van der Waals surface area contributed by atoms with Gasteiger partial charge in [-0.15, -0.1) is 12.4 Å². The summed E-state index contributed by atoms with van der Waals surface area (Å²) in [6.07, 6.45) is 0. The summed E-state index contributed by atoms with van der Waals surface area (Å²) in [6.45, 7) is 5.87. The monoisotopic (exact) mass is 153 g/mol. The highest BCUT2D eigenvalue weighted by atomic mass is 35.5. The molecule has 0 aromatic carbocycles. The number of rotatable bonds is 2. The molecule has 0 fully saturated rings. The Bertz CT molecular complexity index is 73.5. The maximum absolute atomic E-state index is 5.56. The quantitative estimate of drug-likeness (QED) is 0.647. The van der Waals surface area contributed by atoms with Crippen molar-refractivity contribution in [2.24, 2.45) is 5.73 Å². The molecule has 0 aliphatic heterocycles. The molecule has 9 heavy (non-hydrogen) atoms. The van der Waals surface area contributed by atoms with Gasteiger partial charge in [0.1, 0.15) is 0 Å². The highest BCUT2D eigenvalue weighted by Gasteiger charge is 2.20. The molecule has 0 aliphatic rings. The fraction of sp³-hybridized carbons (Fsp3) is 1.00. The van der Waals surface area contributed by atoms with E-state index in [1.54, 1.807) is 7.11 Å². The number of ether oxygens (including phenoxy) is 1. The Labute approximate surface area is 63.2 Å². The molecule has 0 amide bonds. The highest BCUT2D eigenvalue weighted by Crippen LogP contribution is 2.09. The zero-order chi connectivity index (χ0) is 6.78. The maximum Gasteiger partial charge on any atom is 0.0770 e. The summed E-state index contributed by atoms with van der Waals surface area (Å²) in [4.78, 5) is 0. The van der Waals surface area contributed by atoms with Gasteiger partial charge < -0.3 is 10.5 Å². The topological polar surface area (TPSA) is 35.2 Å². The van der Waals surface area contributed by atoms with E-state index in [-0.39, 0.29) is 24.0 Å². The average Bonchev–Trinajstić information content (AvgIpc) is 1.67. The predicted molar refractivity (Wildman–Crippen MR) is 42.0 cm³/mol. The normalized spacial score (nSPS) is 14.3. The molecule has 0 rings (SSSR count). The average molecular weight is 154 g/mol. The molecule has 2 nitrogen and oxygen atoms in total. The molecule has 0 unspecified atom stereocenters. The Morgan fingerprint density at radius 3 is 1.78 bits per heavy atom. The summed E-state index contributed by atoms with van der Waals surface area (Å²) in [6, 6.07) is 0.0903. The van der Waals surface area contributed by atoms with Crippen molar-refractivity contribution < 1.29 is 4.74 Å². The minimum absolute atomic E-state index is 0. The van der Waals surface area contributed by atoms with Crippen LogP contribution in [0.15, 0.2) is 0 Å². The zero-order valence-electron chi connectivity index (χ0n) is 6.47. The summed E-state index contributed by atoms with van der Waals surface area (Å²) in [5, 5.41) is 0. The molecule has 0 aromatic rings. The molecule has 0 saturated heterocycles. The van der Waals surface area contributed by atoms with Crippen LogP contribution in [0.25, 0.3) is 0 Å². The maximum atomic E-state index is 5.56. The summed E-state index contributed by atoms with van der Waals surface area (Å²) >= 11 is 0. The molecule has 0 heterocycles. The number of halogens is 1. The number of nitrogens with two attached hydrogens (primary N) is 1. The second-order valence-electron chi connectivity index (χ2n) is 2.60. The summed E-state index contributed by atoms with van der Waals surface area (Å²) < 4.78 is 5.07. The molecular formula is C6H16ClNO. The van der Waals surface area contributed by atoms with Crippen LogP contribution in [0.3, 0.4) is 0 Å². The molecular weight excluding hydrogens is 138 g/mol. The van der Waals surface area contributed by atoms with Crippen molar-refractivity contribution in [1.82, 2.24) is 0 Å². The van der Waals surface area contributed by atoms with E-state index in [1.807, 2.05) is 20.8 Å². The standard InChI is InChI=1S/C6H15NO.ClH/c1-5(7)6(2,3)8-4;/h5H,7H2,1-4H3;1H/t5-;/m1./s1. The third-order valence-electron chi connectivity index (χ3n) is 1.62. The molecule has 0 bridgehead atoms. The van der Waals surface area contributed by atoms with E-state index in [1.165, 1.54) is 0 Å². The SMILES string of the molecule is COC(C)(C)[C@@H](C)N.Cl. The lowest BCUT2D eigenvalue weighted by Gasteiger charge is -2.26. The lowest BCUT2D eigenvalue weighted by molar-refractivity contribution is 0.00545. The first-order chi connectivity index (χ1) is 3.50. The smallest absolute Gasteiger partial charge is 0.0770 e. The van der Waals surface area contributed by atoms with Gasteiger partial charge in [0, 0.05) is 13.2 Å². The van der Waals surface area contributed by atoms with Crippen molar-refractivity contribution in [3.8, 4) is 0 Å². The summed E-state index contributed by atoms with van der Waals surface area (Å²) in [7, 11) is 1.67. The summed E-state index contributed by atoms with van der Waals surface area (Å²) in [5.41, 5.74) is 5.38. The number of hydrogen-bond donors (Lipinski definition) is 1. The van der Waals surface area contributed by atoms with E-state index in [0.717, 1.165) is 0 Å². The van der Waals surface area contributed by atoms with Crippen LogP contribution in [0.2, 0.25) is 0 Å². The molecule has 2 N–H and O–H groups in total. The van der Waals surface area contributed by atoms with E-state index >= 15 is 0 Å². The van der Waals surface area contributed by atoms with Gasteiger partial charge in [0.2, 0.25) is 0 Å². The number of hydrogen-bond acceptors (Lipinski definition) is 2. The number of methoxy groups -OCH3 is 1. The molecule has 3 heteroatoms. The van der Waals surface area contributed by atoms with E-state index in [9.17, 15) is 0 Å². The van der Waals surface area contributed by atoms with Crippen LogP contribution < -0.4 is 5.73 Å². The molecule has 58 valence electrons. The minimum atomic E-state index is -0.181. The fourth-order valence-corrected chi connectivity index (χ4v) is 0.186. The Morgan fingerprint density at radius 1 is 1.44 bits per heavy atom. The van der Waals surface area contributed by atoms with Gasteiger partial charge in [-0.3, -0.25) is 0 Å². The van der Waals surface area contributed by atoms with Crippen LogP contribution in [-0.4, -0.2) is 18.8 Å². The first kappa shape index (κ1) is 11.9. The van der Waals surface area contributed by atoms with Crippen molar-refractivity contribution in [3.63, 3.8) is 0 Å². The third-order valence-corrected chi connectivity index (χ3v) is 1.62. The Kier molecular flexibility index (Phi) is 5.43. The van der Waals surface area contributed by atoms with Crippen molar-refractivity contribution >= 4 is 12.4 Å². The summed E-state index contributed by atoms with van der Waals surface area (Å²) in [5.74, 6) is 0. The van der Waals surface area contributed by atoms with Gasteiger partial charge >= 0.3 is 0 Å². The van der Waals surface area contributed by atoms with Gasteiger partial charge in [-0.1, -0.05) is 0 Å². The Morgan fingerprint density at radius 2 is 1.78 bits per heavy atom. The third kappa shape index (κ3) is 3.73. The Balaban J connectivity index is 0. The lowest BCUT2D eigenvalue weighted by atomic mass is 10.0.